The Morgan fingerprint density at radius 2 is 2.23 bits per heavy atom. The largest absolute Gasteiger partial charge is 0.481 e. The summed E-state index contributed by atoms with van der Waals surface area (Å²) in [4.78, 5) is 25.5. The number of carboxylic acid groups (broad SMARTS) is 1. The first-order valence-electron chi connectivity index (χ1n) is 7.62. The number of nitrogens with zero attached hydrogens (tertiary/aromatic N) is 1. The summed E-state index contributed by atoms with van der Waals surface area (Å²) in [6.07, 6.45) is 3.72. The Labute approximate surface area is 128 Å². The molecule has 1 atom stereocenters. The molecule has 1 fully saturated rings. The summed E-state index contributed by atoms with van der Waals surface area (Å²) in [7, 11) is 0. The monoisotopic (exact) mass is 301 g/mol. The Balaban J connectivity index is 1.90. The van der Waals surface area contributed by atoms with Crippen LogP contribution in [-0.4, -0.2) is 35.0 Å². The second-order valence-corrected chi connectivity index (χ2v) is 5.76. The smallest absolute Gasteiger partial charge is 0.308 e. The number of aliphatic carboxylic acids is 1. The lowest BCUT2D eigenvalue weighted by atomic mass is 9.97. The fraction of sp³-hybridized carbons (Fsp3) is 0.412. The minimum Gasteiger partial charge on any atom is -0.481 e. The van der Waals surface area contributed by atoms with Gasteiger partial charge >= 0.3 is 5.97 Å². The van der Waals surface area contributed by atoms with Crippen LogP contribution in [0.15, 0.2) is 28.9 Å². The molecule has 1 aromatic heterocycles. The number of fused-ring (bicyclic) bond motifs is 1. The molecule has 116 valence electrons. The van der Waals surface area contributed by atoms with Crippen molar-refractivity contribution in [1.82, 2.24) is 4.90 Å². The molecule has 5 heteroatoms. The average Bonchev–Trinajstić information content (AvgIpc) is 2.97. The van der Waals surface area contributed by atoms with Crippen molar-refractivity contribution in [3.05, 3.63) is 35.6 Å². The molecule has 1 N–H and O–H groups in total. The van der Waals surface area contributed by atoms with Crippen LogP contribution in [0.3, 0.4) is 0 Å². The van der Waals surface area contributed by atoms with Crippen molar-refractivity contribution < 1.29 is 19.1 Å². The standard InChI is InChI=1S/C17H19NO4/c1-2-11-5-6-15-13(8-11)14(10-22-15)16(19)18-7-3-4-12(9-18)17(20)21/h5-6,8,10,12H,2-4,7,9H2,1H3,(H,20,21)/t12-/m0/s1. The molecule has 5 nitrogen and oxygen atoms in total. The van der Waals surface area contributed by atoms with Crippen LogP contribution in [0.2, 0.25) is 0 Å². The molecular formula is C17H19NO4. The number of rotatable bonds is 3. The molecule has 1 aliphatic rings. The van der Waals surface area contributed by atoms with E-state index in [0.717, 1.165) is 23.8 Å². The van der Waals surface area contributed by atoms with Gasteiger partial charge < -0.3 is 14.4 Å². The van der Waals surface area contributed by atoms with Gasteiger partial charge in [-0.05, 0) is 37.0 Å². The molecule has 1 aliphatic heterocycles. The number of carboxylic acids is 1. The third-order valence-electron chi connectivity index (χ3n) is 4.33. The maximum atomic E-state index is 12.7. The number of amides is 1. The van der Waals surface area contributed by atoms with Crippen LogP contribution >= 0.6 is 0 Å². The summed E-state index contributed by atoms with van der Waals surface area (Å²) < 4.78 is 5.47. The highest BCUT2D eigenvalue weighted by Gasteiger charge is 2.29. The summed E-state index contributed by atoms with van der Waals surface area (Å²) in [6, 6.07) is 5.84. The number of hydrogen-bond acceptors (Lipinski definition) is 3. The summed E-state index contributed by atoms with van der Waals surface area (Å²) >= 11 is 0. The first-order valence-corrected chi connectivity index (χ1v) is 7.62. The van der Waals surface area contributed by atoms with Crippen LogP contribution in [0.1, 0.15) is 35.7 Å². The molecule has 2 aromatic rings. The minimum absolute atomic E-state index is 0.141. The third-order valence-corrected chi connectivity index (χ3v) is 4.33. The van der Waals surface area contributed by atoms with E-state index in [4.69, 9.17) is 9.52 Å². The lowest BCUT2D eigenvalue weighted by Crippen LogP contribution is -2.42. The molecule has 2 heterocycles. The highest BCUT2D eigenvalue weighted by atomic mass is 16.4. The van der Waals surface area contributed by atoms with E-state index in [1.165, 1.54) is 6.26 Å². The van der Waals surface area contributed by atoms with Crippen molar-refractivity contribution >= 4 is 22.8 Å². The summed E-state index contributed by atoms with van der Waals surface area (Å²) in [6.45, 7) is 2.93. The fourth-order valence-electron chi connectivity index (χ4n) is 3.00. The number of furan rings is 1. The van der Waals surface area contributed by atoms with Crippen LogP contribution in [0.5, 0.6) is 0 Å². The van der Waals surface area contributed by atoms with Gasteiger partial charge in [-0.15, -0.1) is 0 Å². The molecule has 0 radical (unpaired) electrons. The van der Waals surface area contributed by atoms with Crippen molar-refractivity contribution in [1.29, 1.82) is 0 Å². The van der Waals surface area contributed by atoms with Gasteiger partial charge in [-0.2, -0.15) is 0 Å². The molecule has 0 unspecified atom stereocenters. The number of carbonyl (C=O) groups is 2. The van der Waals surface area contributed by atoms with Crippen LogP contribution in [0, 0.1) is 5.92 Å². The number of hydrogen-bond donors (Lipinski definition) is 1. The average molecular weight is 301 g/mol. The molecule has 0 saturated carbocycles. The second-order valence-electron chi connectivity index (χ2n) is 5.76. The topological polar surface area (TPSA) is 70.8 Å². The van der Waals surface area contributed by atoms with Gasteiger partial charge in [-0.1, -0.05) is 13.0 Å². The van der Waals surface area contributed by atoms with Gasteiger partial charge in [0.15, 0.2) is 0 Å². The summed E-state index contributed by atoms with van der Waals surface area (Å²) in [5.74, 6) is -1.44. The Morgan fingerprint density at radius 3 is 2.95 bits per heavy atom. The van der Waals surface area contributed by atoms with E-state index < -0.39 is 11.9 Å². The van der Waals surface area contributed by atoms with E-state index in [-0.39, 0.29) is 12.5 Å². The maximum absolute atomic E-state index is 12.7. The minimum atomic E-state index is -0.831. The fourth-order valence-corrected chi connectivity index (χ4v) is 3.00. The lowest BCUT2D eigenvalue weighted by Gasteiger charge is -2.30. The van der Waals surface area contributed by atoms with Gasteiger partial charge in [-0.3, -0.25) is 9.59 Å². The molecule has 1 aromatic carbocycles. The second kappa shape index (κ2) is 5.83. The molecule has 0 spiro atoms. The molecule has 1 saturated heterocycles. The highest BCUT2D eigenvalue weighted by Crippen LogP contribution is 2.26. The van der Waals surface area contributed by atoms with Crippen molar-refractivity contribution in [3.63, 3.8) is 0 Å². The van der Waals surface area contributed by atoms with E-state index in [1.807, 2.05) is 18.2 Å². The van der Waals surface area contributed by atoms with Gasteiger partial charge in [0.05, 0.1) is 11.5 Å². The van der Waals surface area contributed by atoms with Crippen LogP contribution in [-0.2, 0) is 11.2 Å². The third kappa shape index (κ3) is 2.58. The Kier molecular flexibility index (Phi) is 3.88. The molecular weight excluding hydrogens is 282 g/mol. The van der Waals surface area contributed by atoms with Gasteiger partial charge in [0.25, 0.3) is 5.91 Å². The number of benzene rings is 1. The summed E-state index contributed by atoms with van der Waals surface area (Å²) in [5.41, 5.74) is 2.36. The van der Waals surface area contributed by atoms with Crippen molar-refractivity contribution in [2.45, 2.75) is 26.2 Å². The van der Waals surface area contributed by atoms with E-state index in [9.17, 15) is 9.59 Å². The highest BCUT2D eigenvalue weighted by molar-refractivity contribution is 6.06. The normalized spacial score (nSPS) is 18.6. The number of piperidine rings is 1. The van der Waals surface area contributed by atoms with E-state index in [0.29, 0.717) is 24.1 Å². The van der Waals surface area contributed by atoms with Crippen LogP contribution < -0.4 is 0 Å². The van der Waals surface area contributed by atoms with E-state index >= 15 is 0 Å². The summed E-state index contributed by atoms with van der Waals surface area (Å²) in [5, 5.41) is 9.96. The van der Waals surface area contributed by atoms with Gasteiger partial charge in [0.2, 0.25) is 0 Å². The lowest BCUT2D eigenvalue weighted by molar-refractivity contribution is -0.143. The van der Waals surface area contributed by atoms with Gasteiger partial charge in [-0.25, -0.2) is 0 Å². The zero-order valence-corrected chi connectivity index (χ0v) is 12.5. The zero-order valence-electron chi connectivity index (χ0n) is 12.5. The Bertz CT molecular complexity index is 719. The molecule has 22 heavy (non-hydrogen) atoms. The van der Waals surface area contributed by atoms with Crippen molar-refractivity contribution in [3.8, 4) is 0 Å². The van der Waals surface area contributed by atoms with Gasteiger partial charge in [0, 0.05) is 18.5 Å². The molecule has 1 amide bonds. The first kappa shape index (κ1) is 14.6. The molecule has 3 rings (SSSR count). The number of carbonyl (C=O) groups excluding carboxylic acids is 1. The number of aryl methyl sites for hydroxylation is 1. The zero-order chi connectivity index (χ0) is 15.7. The Morgan fingerprint density at radius 1 is 1.41 bits per heavy atom. The predicted molar refractivity (Wildman–Crippen MR) is 81.9 cm³/mol. The van der Waals surface area contributed by atoms with Crippen molar-refractivity contribution in [2.75, 3.05) is 13.1 Å². The first-order chi connectivity index (χ1) is 10.6. The van der Waals surface area contributed by atoms with E-state index in [2.05, 4.69) is 6.92 Å². The number of likely N-dealkylation sites (tertiary alicyclic amines) is 1. The van der Waals surface area contributed by atoms with Crippen LogP contribution in [0.4, 0.5) is 0 Å². The molecule has 0 aliphatic carbocycles. The predicted octanol–water partition coefficient (Wildman–Crippen LogP) is 2.93. The van der Waals surface area contributed by atoms with Crippen molar-refractivity contribution in [2.24, 2.45) is 5.92 Å². The van der Waals surface area contributed by atoms with Crippen LogP contribution in [0.25, 0.3) is 11.0 Å². The quantitative estimate of drug-likeness (QED) is 0.946. The maximum Gasteiger partial charge on any atom is 0.308 e. The van der Waals surface area contributed by atoms with Gasteiger partial charge in [0.1, 0.15) is 11.8 Å². The molecule has 0 bridgehead atoms. The SMILES string of the molecule is CCc1ccc2occ(C(=O)N3CCC[C@H](C(=O)O)C3)c2c1. The Hall–Kier alpha value is -2.30. The van der Waals surface area contributed by atoms with E-state index in [1.54, 1.807) is 4.90 Å².